The number of rotatable bonds is 13. The van der Waals surface area contributed by atoms with E-state index < -0.39 is 28.8 Å². The second kappa shape index (κ2) is 14.1. The summed E-state index contributed by atoms with van der Waals surface area (Å²) < 4.78 is 83.1. The Balaban J connectivity index is 2.44. The quantitative estimate of drug-likeness (QED) is 0.260. The van der Waals surface area contributed by atoms with Crippen LogP contribution in [0.25, 0.3) is 0 Å². The van der Waals surface area contributed by atoms with Gasteiger partial charge in [-0.05, 0) is 0 Å². The molecule has 4 rings (SSSR count). The van der Waals surface area contributed by atoms with Gasteiger partial charge in [0.15, 0.2) is 0 Å². The number of methoxy groups -OCH3 is 6. The van der Waals surface area contributed by atoms with Crippen LogP contribution in [0.15, 0.2) is 54.6 Å². The molecule has 3 aromatic rings. The van der Waals surface area contributed by atoms with Crippen LogP contribution in [-0.4, -0.2) is 59.5 Å². The van der Waals surface area contributed by atoms with Gasteiger partial charge in [0.25, 0.3) is 0 Å². The summed E-state index contributed by atoms with van der Waals surface area (Å²) in [5.74, 6) is 1.01. The van der Waals surface area contributed by atoms with Gasteiger partial charge in [-0.3, -0.25) is 0 Å². The first kappa shape index (κ1) is 37.8. The Morgan fingerprint density at radius 3 is 1.17 bits per heavy atom. The molecule has 3 aromatic carbocycles. The van der Waals surface area contributed by atoms with Gasteiger partial charge in [0, 0.05) is 0 Å². The van der Waals surface area contributed by atoms with Gasteiger partial charge in [-0.2, -0.15) is 0 Å². The zero-order valence-corrected chi connectivity index (χ0v) is 30.8. The SMILES string of the molecule is COc1cccc(OC)c1P(CC1(O)CCC(C(C)(C)C)CC1)(O[Cl+3]([O-])([O-])[O-])(c1c(OC)cccc1OC)c1c(OC)cccc1OC. The molecule has 0 radical (unpaired) electrons. The second-order valence-electron chi connectivity index (χ2n) is 13.2. The van der Waals surface area contributed by atoms with E-state index in [1.54, 1.807) is 54.6 Å². The third-order valence-corrected chi connectivity index (χ3v) is 16.8. The molecule has 0 aliphatic heterocycles. The first-order valence-electron chi connectivity index (χ1n) is 15.6. The minimum absolute atomic E-state index is 0.0378. The molecule has 266 valence electrons. The van der Waals surface area contributed by atoms with Crippen LogP contribution in [-0.2, 0) is 4.08 Å². The zero-order valence-electron chi connectivity index (χ0n) is 29.2. The molecule has 0 unspecified atom stereocenters. The van der Waals surface area contributed by atoms with Gasteiger partial charge in [-0.1, -0.05) is 0 Å². The number of benzene rings is 3. The molecule has 1 aliphatic carbocycles. The second-order valence-corrected chi connectivity index (χ2v) is 18.6. The van der Waals surface area contributed by atoms with Crippen LogP contribution < -0.4 is 58.3 Å². The molecule has 0 atom stereocenters. The van der Waals surface area contributed by atoms with Crippen LogP contribution in [0.4, 0.5) is 0 Å². The molecule has 0 aromatic heterocycles. The van der Waals surface area contributed by atoms with Gasteiger partial charge in [-0.25, -0.2) is 0 Å². The Morgan fingerprint density at radius 1 is 0.646 bits per heavy atom. The Bertz CT molecular complexity index is 1370. The van der Waals surface area contributed by atoms with Crippen LogP contribution in [0.3, 0.4) is 0 Å². The predicted molar refractivity (Wildman–Crippen MR) is 177 cm³/mol. The van der Waals surface area contributed by atoms with E-state index in [4.69, 9.17) is 32.5 Å². The molecule has 0 spiro atoms. The molecule has 1 fully saturated rings. The van der Waals surface area contributed by atoms with Crippen molar-refractivity contribution in [1.29, 1.82) is 0 Å². The fourth-order valence-corrected chi connectivity index (χ4v) is 16.4. The van der Waals surface area contributed by atoms with Crippen molar-refractivity contribution in [3.05, 3.63) is 54.6 Å². The van der Waals surface area contributed by atoms with Crippen molar-refractivity contribution in [1.82, 2.24) is 0 Å². The maximum atomic E-state index is 13.6. The molecule has 0 heterocycles. The van der Waals surface area contributed by atoms with Gasteiger partial charge >= 0.3 is 286 Å². The summed E-state index contributed by atoms with van der Waals surface area (Å²) in [5.41, 5.74) is -1.65. The third kappa shape index (κ3) is 6.62. The van der Waals surface area contributed by atoms with E-state index in [9.17, 15) is 19.1 Å². The maximum absolute atomic E-state index is 13.6. The van der Waals surface area contributed by atoms with Gasteiger partial charge in [0.2, 0.25) is 0 Å². The molecule has 48 heavy (non-hydrogen) atoms. The molecule has 1 aliphatic rings. The number of hydrogen-bond donors (Lipinski definition) is 1. The van der Waals surface area contributed by atoms with E-state index in [2.05, 4.69) is 20.8 Å². The van der Waals surface area contributed by atoms with E-state index in [0.717, 1.165) is 0 Å². The molecular formula is C35H48ClO11P. The summed E-state index contributed by atoms with van der Waals surface area (Å²) in [6.07, 6.45) is 1.35. The predicted octanol–water partition coefficient (Wildman–Crippen LogP) is 2.36. The van der Waals surface area contributed by atoms with Crippen LogP contribution in [0, 0.1) is 21.6 Å². The average molecular weight is 711 g/mol. The van der Waals surface area contributed by atoms with E-state index >= 15 is 0 Å². The Hall–Kier alpha value is -3.02. The molecule has 11 nitrogen and oxygen atoms in total. The molecule has 0 amide bonds. The molecule has 0 saturated heterocycles. The summed E-state index contributed by atoms with van der Waals surface area (Å²) in [7, 11) is 3.16. The van der Waals surface area contributed by atoms with Crippen molar-refractivity contribution in [2.45, 2.75) is 52.1 Å². The van der Waals surface area contributed by atoms with Crippen molar-refractivity contribution in [2.75, 3.05) is 48.8 Å². The number of hydrogen-bond acceptors (Lipinski definition) is 11. The van der Waals surface area contributed by atoms with Crippen molar-refractivity contribution in [2.24, 2.45) is 11.3 Å². The summed E-state index contributed by atoms with van der Waals surface area (Å²) in [4.78, 5) is 0. The van der Waals surface area contributed by atoms with Crippen molar-refractivity contribution >= 4 is 22.7 Å². The fourth-order valence-electron chi connectivity index (χ4n) is 7.52. The number of ether oxygens (including phenoxy) is 6. The number of aliphatic hydroxyl groups is 1. The Kier molecular flexibility index (Phi) is 11.1. The van der Waals surface area contributed by atoms with Gasteiger partial charge in [-0.15, -0.1) is 0 Å². The van der Waals surface area contributed by atoms with Crippen LogP contribution >= 0.6 is 6.83 Å². The summed E-state index contributed by atoms with van der Waals surface area (Å²) in [6.45, 7) is 0.774. The van der Waals surface area contributed by atoms with E-state index in [1.807, 2.05) is 0 Å². The Labute approximate surface area is 285 Å². The number of halogens is 1. The summed E-state index contributed by atoms with van der Waals surface area (Å²) in [6, 6.07) is 14.7. The summed E-state index contributed by atoms with van der Waals surface area (Å²) in [5, 5.41) is 13.1. The monoisotopic (exact) mass is 710 g/mol. The third-order valence-electron chi connectivity index (χ3n) is 9.60. The van der Waals surface area contributed by atoms with Gasteiger partial charge in [0.1, 0.15) is 0 Å². The summed E-state index contributed by atoms with van der Waals surface area (Å²) >= 11 is 0. The molecular weight excluding hydrogens is 663 g/mol. The molecule has 1 saturated carbocycles. The van der Waals surface area contributed by atoms with Crippen molar-refractivity contribution in [3.63, 3.8) is 0 Å². The molecule has 1 N–H and O–H groups in total. The molecule has 0 bridgehead atoms. The van der Waals surface area contributed by atoms with Crippen molar-refractivity contribution in [3.8, 4) is 34.5 Å². The van der Waals surface area contributed by atoms with E-state index in [1.165, 1.54) is 42.7 Å². The fraction of sp³-hybridized carbons (Fsp3) is 0.486. The van der Waals surface area contributed by atoms with Crippen LogP contribution in [0.2, 0.25) is 0 Å². The van der Waals surface area contributed by atoms with E-state index in [0.29, 0.717) is 12.8 Å². The Morgan fingerprint density at radius 2 is 0.938 bits per heavy atom. The average Bonchev–Trinajstić information content (AvgIpc) is 3.05. The first-order valence-corrected chi connectivity index (χ1v) is 19.2. The van der Waals surface area contributed by atoms with Gasteiger partial charge < -0.3 is 0 Å². The van der Waals surface area contributed by atoms with Crippen LogP contribution in [0.1, 0.15) is 46.5 Å². The van der Waals surface area contributed by atoms with E-state index in [-0.39, 0.29) is 74.6 Å². The normalized spacial score (nSPS) is 19.5. The zero-order chi connectivity index (χ0) is 35.6. The minimum atomic E-state index is -5.71. The topological polar surface area (TPSA) is 154 Å². The van der Waals surface area contributed by atoms with Crippen molar-refractivity contribution < 1.29 is 61.8 Å². The first-order chi connectivity index (χ1) is 22.6. The molecule has 13 heteroatoms. The standard InChI is InChI=1S/C35H48ClO11P/c1-34(2,3)24-19-21-35(37,22-20-24)23-48(47-36(38,39)40,31-25(41-4)13-10-14-26(31)42-5,32-27(43-6)15-11-16-28(32)44-7)33-29(45-8)17-12-18-30(33)46-9/h10-18,24,37H,19-23H2,1-9H3. The van der Waals surface area contributed by atoms with Gasteiger partial charge in [0.05, 0.1) is 0 Å². The van der Waals surface area contributed by atoms with Crippen LogP contribution in [0.5, 0.6) is 34.5 Å².